The second-order valence-electron chi connectivity index (χ2n) is 10.2. The van der Waals surface area contributed by atoms with Crippen molar-refractivity contribution in [1.82, 2.24) is 19.8 Å². The van der Waals surface area contributed by atoms with E-state index in [4.69, 9.17) is 9.47 Å². The number of carbonyl (C=O) groups is 1. The Hall–Kier alpha value is -2.97. The van der Waals surface area contributed by atoms with Crippen LogP contribution in [0.1, 0.15) is 31.4 Å². The van der Waals surface area contributed by atoms with Crippen molar-refractivity contribution in [3.8, 4) is 16.9 Å². The van der Waals surface area contributed by atoms with Crippen LogP contribution in [0.4, 0.5) is 4.39 Å². The van der Waals surface area contributed by atoms with Crippen molar-refractivity contribution in [2.75, 3.05) is 53.6 Å². The third-order valence-corrected chi connectivity index (χ3v) is 7.38. The average molecular weight is 481 g/mol. The van der Waals surface area contributed by atoms with Crippen LogP contribution < -0.4 is 4.74 Å². The molecule has 4 heterocycles. The van der Waals surface area contributed by atoms with Crippen LogP contribution in [0.5, 0.6) is 5.75 Å². The third-order valence-electron chi connectivity index (χ3n) is 7.38. The highest BCUT2D eigenvalue weighted by Crippen LogP contribution is 2.37. The number of likely N-dealkylation sites (tertiary alicyclic amines) is 2. The number of benzene rings is 1. The molecule has 0 saturated carbocycles. The number of ether oxygens (including phenoxy) is 2. The molecule has 5 rings (SSSR count). The van der Waals surface area contributed by atoms with E-state index in [2.05, 4.69) is 27.9 Å². The summed E-state index contributed by atoms with van der Waals surface area (Å²) >= 11 is 0. The van der Waals surface area contributed by atoms with Crippen LogP contribution in [0, 0.1) is 11.2 Å². The van der Waals surface area contributed by atoms with Gasteiger partial charge in [0.15, 0.2) is 0 Å². The maximum atomic E-state index is 14.0. The fourth-order valence-electron chi connectivity index (χ4n) is 5.58. The van der Waals surface area contributed by atoms with Gasteiger partial charge in [-0.1, -0.05) is 6.92 Å². The van der Waals surface area contributed by atoms with Crippen molar-refractivity contribution in [3.05, 3.63) is 48.0 Å². The average Bonchev–Trinajstić information content (AvgIpc) is 3.27. The summed E-state index contributed by atoms with van der Waals surface area (Å²) in [6.45, 7) is 6.65. The lowest BCUT2D eigenvalue weighted by Gasteiger charge is -2.48. The van der Waals surface area contributed by atoms with Gasteiger partial charge in [-0.2, -0.15) is 0 Å². The van der Waals surface area contributed by atoms with E-state index in [-0.39, 0.29) is 17.1 Å². The number of amides is 1. The number of halogens is 1. The lowest BCUT2D eigenvalue weighted by Crippen LogP contribution is -2.60. The van der Waals surface area contributed by atoms with Crippen molar-refractivity contribution in [2.24, 2.45) is 5.41 Å². The molecule has 186 valence electrons. The molecule has 0 unspecified atom stereocenters. The predicted octanol–water partition coefficient (Wildman–Crippen LogP) is 4.05. The van der Waals surface area contributed by atoms with Gasteiger partial charge < -0.3 is 19.4 Å². The van der Waals surface area contributed by atoms with Crippen molar-refractivity contribution in [1.29, 1.82) is 0 Å². The maximum Gasteiger partial charge on any atom is 0.236 e. The predicted molar refractivity (Wildman–Crippen MR) is 133 cm³/mol. The fourth-order valence-corrected chi connectivity index (χ4v) is 5.58. The Bertz CT molecular complexity index is 1210. The number of hydrogen-bond acceptors (Lipinski definition) is 5. The molecule has 8 heteroatoms. The summed E-state index contributed by atoms with van der Waals surface area (Å²) in [6, 6.07) is 8.61. The number of H-pyrrole nitrogens is 1. The molecule has 0 atom stereocenters. The Labute approximate surface area is 205 Å². The van der Waals surface area contributed by atoms with Gasteiger partial charge in [-0.3, -0.25) is 9.69 Å². The molecule has 2 aliphatic heterocycles. The minimum Gasteiger partial charge on any atom is -0.496 e. The topological polar surface area (TPSA) is 70.7 Å². The first kappa shape index (κ1) is 23.8. The van der Waals surface area contributed by atoms with Crippen LogP contribution in [0.15, 0.2) is 36.5 Å². The molecule has 2 fully saturated rings. The first-order chi connectivity index (χ1) is 16.9. The van der Waals surface area contributed by atoms with E-state index in [1.54, 1.807) is 26.5 Å². The van der Waals surface area contributed by atoms with Crippen molar-refractivity contribution in [2.45, 2.75) is 25.7 Å². The number of nitrogens with one attached hydrogen (secondary N) is 1. The standard InChI is InChI=1S/C27H33FN4O3/c1-27(17-34-2)15-32(16-27)25(33)14-31-10-7-18(8-11-31)23-13-22-20(6-9-29-26(22)30-23)21-12-19(28)4-5-24(21)35-3/h4-6,9,12-13,18H,7-8,10-11,14-17H2,1-3H3,(H,29,30). The molecule has 0 spiro atoms. The lowest BCUT2D eigenvalue weighted by molar-refractivity contribution is -0.147. The molecular weight excluding hydrogens is 447 g/mol. The molecule has 1 amide bonds. The zero-order valence-electron chi connectivity index (χ0n) is 20.6. The van der Waals surface area contributed by atoms with Crippen LogP contribution >= 0.6 is 0 Å². The van der Waals surface area contributed by atoms with Gasteiger partial charge in [0.2, 0.25) is 5.91 Å². The van der Waals surface area contributed by atoms with E-state index >= 15 is 0 Å². The van der Waals surface area contributed by atoms with E-state index in [0.29, 0.717) is 30.4 Å². The smallest absolute Gasteiger partial charge is 0.236 e. The summed E-state index contributed by atoms with van der Waals surface area (Å²) in [4.78, 5) is 24.9. The van der Waals surface area contributed by atoms with Crippen LogP contribution in [0.2, 0.25) is 0 Å². The number of fused-ring (bicyclic) bond motifs is 1. The number of rotatable bonds is 7. The molecule has 2 aliphatic rings. The molecule has 1 aromatic carbocycles. The highest BCUT2D eigenvalue weighted by molar-refractivity contribution is 5.95. The van der Waals surface area contributed by atoms with Gasteiger partial charge in [0.25, 0.3) is 0 Å². The SMILES string of the molecule is COCC1(C)CN(C(=O)CN2CCC(c3cc4c(-c5cc(F)ccc5OC)ccnc4[nH]3)CC2)C1. The number of methoxy groups -OCH3 is 2. The Balaban J connectivity index is 1.25. The van der Waals surface area contributed by atoms with Gasteiger partial charge in [0, 0.05) is 54.4 Å². The number of nitrogens with zero attached hydrogens (tertiary/aromatic N) is 3. The van der Waals surface area contributed by atoms with E-state index in [9.17, 15) is 9.18 Å². The highest BCUT2D eigenvalue weighted by Gasteiger charge is 2.41. The molecule has 3 aromatic rings. The summed E-state index contributed by atoms with van der Waals surface area (Å²) < 4.78 is 24.8. The molecule has 35 heavy (non-hydrogen) atoms. The minimum atomic E-state index is -0.301. The van der Waals surface area contributed by atoms with E-state index in [1.165, 1.54) is 12.1 Å². The number of aromatic nitrogens is 2. The Morgan fingerprint density at radius 2 is 1.94 bits per heavy atom. The Morgan fingerprint density at radius 3 is 2.66 bits per heavy atom. The fraction of sp³-hybridized carbons (Fsp3) is 0.481. The summed E-state index contributed by atoms with van der Waals surface area (Å²) in [5.41, 5.74) is 3.63. The highest BCUT2D eigenvalue weighted by atomic mass is 19.1. The van der Waals surface area contributed by atoms with Gasteiger partial charge >= 0.3 is 0 Å². The summed E-state index contributed by atoms with van der Waals surface area (Å²) in [5, 5.41) is 0.959. The first-order valence-corrected chi connectivity index (χ1v) is 12.2. The third kappa shape index (κ3) is 4.77. The molecule has 0 bridgehead atoms. The van der Waals surface area contributed by atoms with Gasteiger partial charge in [-0.15, -0.1) is 0 Å². The van der Waals surface area contributed by atoms with Crippen LogP contribution in [0.25, 0.3) is 22.2 Å². The molecule has 2 aromatic heterocycles. The van der Waals surface area contributed by atoms with Crippen LogP contribution in [-0.2, 0) is 9.53 Å². The zero-order valence-corrected chi connectivity index (χ0v) is 20.6. The number of piperidine rings is 1. The molecule has 2 saturated heterocycles. The number of aromatic amines is 1. The zero-order chi connectivity index (χ0) is 24.6. The summed E-state index contributed by atoms with van der Waals surface area (Å²) in [6.07, 6.45) is 3.68. The first-order valence-electron chi connectivity index (χ1n) is 12.2. The second-order valence-corrected chi connectivity index (χ2v) is 10.2. The maximum absolute atomic E-state index is 14.0. The number of pyridine rings is 1. The van der Waals surface area contributed by atoms with Gasteiger partial charge in [0.1, 0.15) is 17.2 Å². The van der Waals surface area contributed by atoms with Crippen molar-refractivity contribution in [3.63, 3.8) is 0 Å². The second kappa shape index (κ2) is 9.59. The molecule has 7 nitrogen and oxygen atoms in total. The number of carbonyl (C=O) groups excluding carboxylic acids is 1. The minimum absolute atomic E-state index is 0.0927. The quantitative estimate of drug-likeness (QED) is 0.553. The summed E-state index contributed by atoms with van der Waals surface area (Å²) in [7, 11) is 3.30. The van der Waals surface area contributed by atoms with Gasteiger partial charge in [-0.05, 0) is 61.8 Å². The van der Waals surface area contributed by atoms with E-state index in [0.717, 1.165) is 61.3 Å². The van der Waals surface area contributed by atoms with Gasteiger partial charge in [0.05, 0.1) is 20.3 Å². The van der Waals surface area contributed by atoms with Crippen molar-refractivity contribution >= 4 is 16.9 Å². The molecule has 1 N–H and O–H groups in total. The molecular formula is C27H33FN4O3. The summed E-state index contributed by atoms with van der Waals surface area (Å²) in [5.74, 6) is 0.904. The van der Waals surface area contributed by atoms with E-state index < -0.39 is 0 Å². The monoisotopic (exact) mass is 480 g/mol. The van der Waals surface area contributed by atoms with Crippen LogP contribution in [0.3, 0.4) is 0 Å². The molecule has 0 radical (unpaired) electrons. The normalized spacial score (nSPS) is 18.6. The van der Waals surface area contributed by atoms with Crippen LogP contribution in [-0.4, -0.2) is 79.2 Å². The van der Waals surface area contributed by atoms with E-state index in [1.807, 2.05) is 11.0 Å². The number of hydrogen-bond donors (Lipinski definition) is 1. The largest absolute Gasteiger partial charge is 0.496 e. The lowest BCUT2D eigenvalue weighted by atomic mass is 9.83. The van der Waals surface area contributed by atoms with Gasteiger partial charge in [-0.25, -0.2) is 9.37 Å². The Morgan fingerprint density at radius 1 is 1.17 bits per heavy atom. The van der Waals surface area contributed by atoms with Crippen molar-refractivity contribution < 1.29 is 18.7 Å². The molecule has 0 aliphatic carbocycles. The Kier molecular flexibility index (Phi) is 6.51.